The van der Waals surface area contributed by atoms with Crippen LogP contribution in [0.5, 0.6) is 0 Å². The summed E-state index contributed by atoms with van der Waals surface area (Å²) in [5, 5.41) is 3.44. The molecule has 2 rings (SSSR count). The molecule has 2 heteroatoms. The minimum Gasteiger partial charge on any atom is -0.344 e. The number of hydrogen-bond donors (Lipinski definition) is 1. The van der Waals surface area contributed by atoms with Crippen molar-refractivity contribution >= 4 is 11.5 Å². The molecule has 15 heavy (non-hydrogen) atoms. The van der Waals surface area contributed by atoms with Crippen molar-refractivity contribution in [3.8, 4) is 0 Å². The average molecular weight is 202 g/mol. The maximum absolute atomic E-state index is 4.44. The van der Waals surface area contributed by atoms with Gasteiger partial charge >= 0.3 is 0 Å². The van der Waals surface area contributed by atoms with E-state index >= 15 is 0 Å². The van der Waals surface area contributed by atoms with E-state index in [2.05, 4.69) is 41.5 Å². The first kappa shape index (κ1) is 10.2. The van der Waals surface area contributed by atoms with Crippen LogP contribution in [0.3, 0.4) is 0 Å². The van der Waals surface area contributed by atoms with Crippen LogP contribution in [0, 0.1) is 0 Å². The Morgan fingerprint density at radius 3 is 2.93 bits per heavy atom. The quantitative estimate of drug-likeness (QED) is 0.799. The van der Waals surface area contributed by atoms with Crippen LogP contribution in [0.15, 0.2) is 29.3 Å². The molecule has 1 aliphatic rings. The zero-order valence-electron chi connectivity index (χ0n) is 9.29. The predicted molar refractivity (Wildman–Crippen MR) is 65.6 cm³/mol. The topological polar surface area (TPSA) is 24.4 Å². The lowest BCUT2D eigenvalue weighted by Gasteiger charge is -2.10. The Balaban J connectivity index is 2.12. The first-order chi connectivity index (χ1) is 7.40. The molecule has 80 valence electrons. The molecule has 1 N–H and O–H groups in total. The molecule has 0 saturated carbocycles. The van der Waals surface area contributed by atoms with Crippen LogP contribution >= 0.6 is 0 Å². The van der Waals surface area contributed by atoms with Crippen LogP contribution in [-0.4, -0.2) is 12.4 Å². The summed E-state index contributed by atoms with van der Waals surface area (Å²) in [5.41, 5.74) is 2.63. The third kappa shape index (κ3) is 2.58. The van der Waals surface area contributed by atoms with E-state index in [9.17, 15) is 0 Å². The van der Waals surface area contributed by atoms with Gasteiger partial charge in [-0.2, -0.15) is 0 Å². The van der Waals surface area contributed by atoms with Crippen molar-refractivity contribution in [2.75, 3.05) is 11.9 Å². The summed E-state index contributed by atoms with van der Waals surface area (Å²) < 4.78 is 0. The van der Waals surface area contributed by atoms with Crippen molar-refractivity contribution in [2.24, 2.45) is 4.99 Å². The number of nitrogens with one attached hydrogen (secondary N) is 1. The zero-order chi connectivity index (χ0) is 10.5. The van der Waals surface area contributed by atoms with Gasteiger partial charge in [-0.25, -0.2) is 0 Å². The maximum atomic E-state index is 4.44. The van der Waals surface area contributed by atoms with Crippen LogP contribution in [0.1, 0.15) is 31.7 Å². The summed E-state index contributed by atoms with van der Waals surface area (Å²) in [5.74, 6) is 1.15. The minimum atomic E-state index is 0.984. The van der Waals surface area contributed by atoms with E-state index in [4.69, 9.17) is 0 Å². The van der Waals surface area contributed by atoms with Gasteiger partial charge in [0, 0.05) is 18.7 Å². The summed E-state index contributed by atoms with van der Waals surface area (Å²) in [6.45, 7) is 3.20. The number of aryl methyl sites for hydroxylation is 1. The highest BCUT2D eigenvalue weighted by atomic mass is 15.0. The monoisotopic (exact) mass is 202 g/mol. The van der Waals surface area contributed by atoms with Crippen LogP contribution < -0.4 is 5.32 Å². The number of para-hydroxylation sites is 1. The molecule has 0 bridgehead atoms. The van der Waals surface area contributed by atoms with E-state index < -0.39 is 0 Å². The largest absolute Gasteiger partial charge is 0.344 e. The highest BCUT2D eigenvalue weighted by Crippen LogP contribution is 2.18. The molecule has 1 aromatic rings. The number of anilines is 1. The van der Waals surface area contributed by atoms with Crippen molar-refractivity contribution in [1.29, 1.82) is 0 Å². The number of amidine groups is 1. The van der Waals surface area contributed by atoms with Gasteiger partial charge in [0.25, 0.3) is 0 Å². The molecule has 0 amide bonds. The van der Waals surface area contributed by atoms with Gasteiger partial charge in [0.1, 0.15) is 5.84 Å². The lowest BCUT2D eigenvalue weighted by Crippen LogP contribution is -2.10. The summed E-state index contributed by atoms with van der Waals surface area (Å²) in [7, 11) is 0. The molecule has 0 radical (unpaired) electrons. The molecule has 0 saturated heterocycles. The van der Waals surface area contributed by atoms with Crippen LogP contribution in [0.4, 0.5) is 5.69 Å². The van der Waals surface area contributed by atoms with Gasteiger partial charge < -0.3 is 5.32 Å². The lowest BCUT2D eigenvalue weighted by molar-refractivity contribution is 0.923. The molecule has 0 unspecified atom stereocenters. The third-order valence-corrected chi connectivity index (χ3v) is 2.69. The lowest BCUT2D eigenvalue weighted by atomic mass is 10.1. The number of nitrogens with zero attached hydrogens (tertiary/aromatic N) is 1. The summed E-state index contributed by atoms with van der Waals surface area (Å²) in [4.78, 5) is 4.44. The van der Waals surface area contributed by atoms with Crippen molar-refractivity contribution in [3.05, 3.63) is 29.8 Å². The summed E-state index contributed by atoms with van der Waals surface area (Å²) >= 11 is 0. The van der Waals surface area contributed by atoms with Crippen LogP contribution in [0.2, 0.25) is 0 Å². The van der Waals surface area contributed by atoms with Crippen molar-refractivity contribution in [3.63, 3.8) is 0 Å². The zero-order valence-corrected chi connectivity index (χ0v) is 9.29. The van der Waals surface area contributed by atoms with Gasteiger partial charge in [-0.3, -0.25) is 4.99 Å². The van der Waals surface area contributed by atoms with E-state index in [0.29, 0.717) is 0 Å². The molecular weight excluding hydrogens is 184 g/mol. The Morgan fingerprint density at radius 2 is 2.20 bits per heavy atom. The minimum absolute atomic E-state index is 0.984. The summed E-state index contributed by atoms with van der Waals surface area (Å²) in [6.07, 6.45) is 4.61. The molecule has 0 aliphatic carbocycles. The molecule has 1 heterocycles. The van der Waals surface area contributed by atoms with Crippen molar-refractivity contribution < 1.29 is 0 Å². The average Bonchev–Trinajstić information content (AvgIpc) is 2.74. The smallest absolute Gasteiger partial charge is 0.101 e. The van der Waals surface area contributed by atoms with Gasteiger partial charge in [0.15, 0.2) is 0 Å². The molecule has 2 nitrogen and oxygen atoms in total. The van der Waals surface area contributed by atoms with E-state index in [1.807, 2.05) is 0 Å². The molecule has 0 fully saturated rings. The van der Waals surface area contributed by atoms with Crippen LogP contribution in [-0.2, 0) is 6.42 Å². The van der Waals surface area contributed by atoms with E-state index in [1.165, 1.54) is 24.1 Å². The number of benzene rings is 1. The predicted octanol–water partition coefficient (Wildman–Crippen LogP) is 3.24. The second kappa shape index (κ2) is 4.96. The Morgan fingerprint density at radius 1 is 1.33 bits per heavy atom. The third-order valence-electron chi connectivity index (χ3n) is 2.69. The standard InChI is InChI=1S/C13H18N2/c1-2-6-11-7-3-4-8-12(11)15-13-9-5-10-14-13/h3-4,7-8H,2,5-6,9-10H2,1H3,(H,14,15). The molecule has 1 aromatic carbocycles. The summed E-state index contributed by atoms with van der Waals surface area (Å²) in [6, 6.07) is 8.52. The molecule has 1 aliphatic heterocycles. The second-order valence-corrected chi connectivity index (χ2v) is 3.96. The fourth-order valence-corrected chi connectivity index (χ4v) is 1.93. The first-order valence-corrected chi connectivity index (χ1v) is 5.78. The second-order valence-electron chi connectivity index (χ2n) is 3.96. The number of hydrogen-bond acceptors (Lipinski definition) is 2. The van der Waals surface area contributed by atoms with Gasteiger partial charge in [-0.1, -0.05) is 31.5 Å². The first-order valence-electron chi connectivity index (χ1n) is 5.78. The Labute approximate surface area is 91.4 Å². The molecule has 0 spiro atoms. The molecule has 0 atom stereocenters. The fraction of sp³-hybridized carbons (Fsp3) is 0.462. The normalized spacial score (nSPS) is 15.1. The molecule has 0 aromatic heterocycles. The van der Waals surface area contributed by atoms with Crippen LogP contribution in [0.25, 0.3) is 0 Å². The van der Waals surface area contributed by atoms with E-state index in [-0.39, 0.29) is 0 Å². The Bertz CT molecular complexity index is 355. The van der Waals surface area contributed by atoms with Gasteiger partial charge in [0.05, 0.1) is 0 Å². The SMILES string of the molecule is CCCc1ccccc1NC1=NCCC1. The number of aliphatic imine (C=N–C) groups is 1. The number of rotatable bonds is 3. The molecular formula is C13H18N2. The Kier molecular flexibility index (Phi) is 3.38. The van der Waals surface area contributed by atoms with Crippen molar-refractivity contribution in [1.82, 2.24) is 0 Å². The fourth-order valence-electron chi connectivity index (χ4n) is 1.93. The highest BCUT2D eigenvalue weighted by Gasteiger charge is 2.07. The highest BCUT2D eigenvalue weighted by molar-refractivity contribution is 5.96. The van der Waals surface area contributed by atoms with Gasteiger partial charge in [-0.15, -0.1) is 0 Å². The van der Waals surface area contributed by atoms with Gasteiger partial charge in [0.2, 0.25) is 0 Å². The van der Waals surface area contributed by atoms with Crippen molar-refractivity contribution in [2.45, 2.75) is 32.6 Å². The van der Waals surface area contributed by atoms with E-state index in [1.54, 1.807) is 0 Å². The van der Waals surface area contributed by atoms with Gasteiger partial charge in [-0.05, 0) is 24.5 Å². The maximum Gasteiger partial charge on any atom is 0.101 e. The van der Waals surface area contributed by atoms with E-state index in [0.717, 1.165) is 25.2 Å². The Hall–Kier alpha value is -1.31.